The van der Waals surface area contributed by atoms with Gasteiger partial charge in [0.15, 0.2) is 11.6 Å². The van der Waals surface area contributed by atoms with E-state index >= 15 is 0 Å². The lowest BCUT2D eigenvalue weighted by atomic mass is 10.1. The Morgan fingerprint density at radius 1 is 1.58 bits per heavy atom. The summed E-state index contributed by atoms with van der Waals surface area (Å²) in [6.07, 6.45) is 0. The van der Waals surface area contributed by atoms with Crippen LogP contribution in [0.5, 0.6) is 5.75 Å². The Kier molecular flexibility index (Phi) is 1.70. The first kappa shape index (κ1) is 7.83. The molecular weight excluding hydrogens is 181 g/mol. The van der Waals surface area contributed by atoms with Gasteiger partial charge in [-0.15, -0.1) is 0 Å². The Bertz CT molecular complexity index is 302. The topological polar surface area (TPSA) is 42.2 Å². The molecule has 0 spiro atoms. The smallest absolute Gasteiger partial charge is 0.170 e. The summed E-state index contributed by atoms with van der Waals surface area (Å²) in [6.45, 7) is 0.848. The molecule has 0 aromatic heterocycles. The second-order valence-electron chi connectivity index (χ2n) is 2.79. The minimum Gasteiger partial charge on any atom is -0.504 e. The molecule has 0 aliphatic carbocycles. The van der Waals surface area contributed by atoms with E-state index in [-0.39, 0.29) is 11.1 Å². The number of rotatable bonds is 1. The third kappa shape index (κ3) is 1.26. The van der Waals surface area contributed by atoms with Gasteiger partial charge >= 0.3 is 0 Å². The lowest BCUT2D eigenvalue weighted by molar-refractivity contribution is 0.432. The number of aromatic hydroxyl groups is 1. The predicted octanol–water partition coefficient (Wildman–Crippen LogP) is 1.83. The van der Waals surface area contributed by atoms with Gasteiger partial charge < -0.3 is 10.4 Å². The third-order valence-corrected chi connectivity index (χ3v) is 2.14. The standard InChI is InChI=1S/C8H7ClFNO/c9-5-1-4(7-3-11-7)2-6(10)8(5)12/h1-2,7,11-12H,3H2/t7-/m1/s1. The molecule has 0 radical (unpaired) electrons. The molecule has 4 heteroatoms. The van der Waals surface area contributed by atoms with Crippen LogP contribution >= 0.6 is 11.6 Å². The van der Waals surface area contributed by atoms with E-state index in [2.05, 4.69) is 5.32 Å². The molecule has 0 saturated carbocycles. The van der Waals surface area contributed by atoms with Crippen molar-refractivity contribution in [2.45, 2.75) is 6.04 Å². The number of phenols is 1. The van der Waals surface area contributed by atoms with Crippen molar-refractivity contribution in [2.24, 2.45) is 0 Å². The van der Waals surface area contributed by atoms with Crippen LogP contribution in [0.2, 0.25) is 5.02 Å². The predicted molar refractivity (Wildman–Crippen MR) is 43.8 cm³/mol. The highest BCUT2D eigenvalue weighted by Crippen LogP contribution is 2.32. The molecule has 64 valence electrons. The van der Waals surface area contributed by atoms with Crippen molar-refractivity contribution < 1.29 is 9.50 Å². The first-order valence-corrected chi connectivity index (χ1v) is 3.97. The van der Waals surface area contributed by atoms with E-state index in [0.717, 1.165) is 12.1 Å². The van der Waals surface area contributed by atoms with Gasteiger partial charge in [0.2, 0.25) is 0 Å². The fourth-order valence-corrected chi connectivity index (χ4v) is 1.30. The molecule has 0 bridgehead atoms. The highest BCUT2D eigenvalue weighted by atomic mass is 35.5. The van der Waals surface area contributed by atoms with Crippen LogP contribution in [-0.4, -0.2) is 11.7 Å². The van der Waals surface area contributed by atoms with Crippen molar-refractivity contribution in [3.05, 3.63) is 28.5 Å². The molecule has 1 heterocycles. The Morgan fingerprint density at radius 3 is 2.75 bits per heavy atom. The number of nitrogens with one attached hydrogen (secondary N) is 1. The van der Waals surface area contributed by atoms with E-state index in [1.807, 2.05) is 0 Å². The normalized spacial score (nSPS) is 21.0. The minimum atomic E-state index is -0.661. The first-order valence-electron chi connectivity index (χ1n) is 3.60. The zero-order chi connectivity index (χ0) is 8.72. The van der Waals surface area contributed by atoms with Crippen molar-refractivity contribution >= 4 is 11.6 Å². The van der Waals surface area contributed by atoms with Crippen molar-refractivity contribution in [3.8, 4) is 5.75 Å². The molecule has 1 atom stereocenters. The summed E-state index contributed by atoms with van der Waals surface area (Å²) in [7, 11) is 0. The molecule has 12 heavy (non-hydrogen) atoms. The molecule has 0 amide bonds. The van der Waals surface area contributed by atoms with Crippen LogP contribution in [0.15, 0.2) is 12.1 Å². The van der Waals surface area contributed by atoms with Gasteiger partial charge in [0.1, 0.15) is 0 Å². The van der Waals surface area contributed by atoms with Crippen LogP contribution in [0, 0.1) is 5.82 Å². The number of halogens is 2. The zero-order valence-corrected chi connectivity index (χ0v) is 6.90. The van der Waals surface area contributed by atoms with Crippen molar-refractivity contribution in [1.29, 1.82) is 0 Å². The van der Waals surface area contributed by atoms with Gasteiger partial charge in [-0.2, -0.15) is 0 Å². The summed E-state index contributed by atoms with van der Waals surface area (Å²) >= 11 is 5.57. The highest BCUT2D eigenvalue weighted by Gasteiger charge is 2.24. The minimum absolute atomic E-state index is 0.0682. The van der Waals surface area contributed by atoms with E-state index < -0.39 is 11.6 Å². The van der Waals surface area contributed by atoms with Gasteiger partial charge in [0, 0.05) is 12.6 Å². The third-order valence-electron chi connectivity index (χ3n) is 1.85. The molecule has 1 aromatic rings. The van der Waals surface area contributed by atoms with Gasteiger partial charge in [0.05, 0.1) is 5.02 Å². The quantitative estimate of drug-likeness (QED) is 0.659. The maximum atomic E-state index is 12.9. The number of benzene rings is 1. The summed E-state index contributed by atoms with van der Waals surface area (Å²) < 4.78 is 12.9. The van der Waals surface area contributed by atoms with E-state index in [1.54, 1.807) is 6.07 Å². The molecule has 2 rings (SSSR count). The Morgan fingerprint density at radius 2 is 2.25 bits per heavy atom. The van der Waals surface area contributed by atoms with E-state index in [1.165, 1.54) is 6.07 Å². The van der Waals surface area contributed by atoms with Crippen LogP contribution in [0.25, 0.3) is 0 Å². The van der Waals surface area contributed by atoms with Gasteiger partial charge in [-0.1, -0.05) is 11.6 Å². The van der Waals surface area contributed by atoms with Crippen LogP contribution in [0.3, 0.4) is 0 Å². The maximum absolute atomic E-state index is 12.9. The second kappa shape index (κ2) is 2.61. The van der Waals surface area contributed by atoms with Crippen molar-refractivity contribution in [1.82, 2.24) is 5.32 Å². The average Bonchev–Trinajstić information content (AvgIpc) is 2.81. The summed E-state index contributed by atoms with van der Waals surface area (Å²) in [6, 6.07) is 3.08. The highest BCUT2D eigenvalue weighted by molar-refractivity contribution is 6.32. The van der Waals surface area contributed by atoms with Gasteiger partial charge in [-0.3, -0.25) is 0 Å². The lowest BCUT2D eigenvalue weighted by Crippen LogP contribution is -1.87. The summed E-state index contributed by atoms with van der Waals surface area (Å²) in [5.74, 6) is -1.13. The molecule has 1 aromatic carbocycles. The SMILES string of the molecule is Oc1c(F)cc([C@H]2CN2)cc1Cl. The Labute approximate surface area is 74.0 Å². The van der Waals surface area contributed by atoms with Crippen LogP contribution in [0.1, 0.15) is 11.6 Å². The van der Waals surface area contributed by atoms with Gasteiger partial charge in [0.25, 0.3) is 0 Å². The summed E-state index contributed by atoms with van der Waals surface area (Å²) in [5, 5.41) is 12.1. The Hall–Kier alpha value is -0.800. The molecular formula is C8H7ClFNO. The molecule has 2 N–H and O–H groups in total. The summed E-state index contributed by atoms with van der Waals surface area (Å²) in [5.41, 5.74) is 0.787. The lowest BCUT2D eigenvalue weighted by Gasteiger charge is -2.01. The van der Waals surface area contributed by atoms with Gasteiger partial charge in [-0.05, 0) is 17.7 Å². The van der Waals surface area contributed by atoms with Crippen molar-refractivity contribution in [3.63, 3.8) is 0 Å². The van der Waals surface area contributed by atoms with Crippen LogP contribution in [-0.2, 0) is 0 Å². The number of hydrogen-bond donors (Lipinski definition) is 2. The van der Waals surface area contributed by atoms with E-state index in [4.69, 9.17) is 16.7 Å². The summed E-state index contributed by atoms with van der Waals surface area (Å²) in [4.78, 5) is 0. The molecule has 2 nitrogen and oxygen atoms in total. The fraction of sp³-hybridized carbons (Fsp3) is 0.250. The van der Waals surface area contributed by atoms with Gasteiger partial charge in [-0.25, -0.2) is 4.39 Å². The zero-order valence-electron chi connectivity index (χ0n) is 6.14. The monoisotopic (exact) mass is 187 g/mol. The fourth-order valence-electron chi connectivity index (χ4n) is 1.08. The second-order valence-corrected chi connectivity index (χ2v) is 3.20. The number of hydrogen-bond acceptors (Lipinski definition) is 2. The van der Waals surface area contributed by atoms with E-state index in [0.29, 0.717) is 0 Å². The average molecular weight is 188 g/mol. The van der Waals surface area contributed by atoms with Crippen LogP contribution in [0.4, 0.5) is 4.39 Å². The first-order chi connectivity index (χ1) is 5.68. The molecule has 1 saturated heterocycles. The molecule has 1 fully saturated rings. The number of phenolic OH excluding ortho intramolecular Hbond substituents is 1. The largest absolute Gasteiger partial charge is 0.504 e. The maximum Gasteiger partial charge on any atom is 0.170 e. The molecule has 1 aliphatic heterocycles. The Balaban J connectivity index is 2.45. The van der Waals surface area contributed by atoms with E-state index in [9.17, 15) is 4.39 Å². The molecule has 0 unspecified atom stereocenters. The van der Waals surface area contributed by atoms with Crippen molar-refractivity contribution in [2.75, 3.05) is 6.54 Å². The molecule has 1 aliphatic rings. The van der Waals surface area contributed by atoms with Crippen LogP contribution < -0.4 is 5.32 Å².